The quantitative estimate of drug-likeness (QED) is 0.671. The first kappa shape index (κ1) is 17.5. The van der Waals surface area contributed by atoms with E-state index in [2.05, 4.69) is 54.5 Å². The third-order valence-corrected chi connectivity index (χ3v) is 4.23. The highest BCUT2D eigenvalue weighted by Crippen LogP contribution is 2.11. The lowest BCUT2D eigenvalue weighted by atomic mass is 10.2. The number of thioether (sulfide) groups is 1. The van der Waals surface area contributed by atoms with E-state index < -0.39 is 0 Å². The molecule has 114 valence electrons. The van der Waals surface area contributed by atoms with Crippen LogP contribution in [0.5, 0.6) is 0 Å². The van der Waals surface area contributed by atoms with Gasteiger partial charge in [0.05, 0.1) is 5.69 Å². The predicted molar refractivity (Wildman–Crippen MR) is 90.2 cm³/mol. The molecule has 1 heterocycles. The van der Waals surface area contributed by atoms with Crippen LogP contribution in [0.2, 0.25) is 0 Å². The molecule has 0 bridgehead atoms. The lowest BCUT2D eigenvalue weighted by molar-refractivity contribution is 0.245. The van der Waals surface area contributed by atoms with Crippen LogP contribution < -0.4 is 5.32 Å². The monoisotopic (exact) mass is 295 g/mol. The van der Waals surface area contributed by atoms with Crippen molar-refractivity contribution in [1.82, 2.24) is 15.2 Å². The molecule has 1 atom stereocenters. The zero-order valence-electron chi connectivity index (χ0n) is 13.4. The van der Waals surface area contributed by atoms with E-state index in [1.807, 2.05) is 18.0 Å². The first-order valence-corrected chi connectivity index (χ1v) is 8.94. The zero-order chi connectivity index (χ0) is 14.8. The summed E-state index contributed by atoms with van der Waals surface area (Å²) in [6, 6.07) is 4.98. The molecule has 0 saturated heterocycles. The molecule has 0 aliphatic carbocycles. The van der Waals surface area contributed by atoms with Crippen molar-refractivity contribution in [1.29, 1.82) is 0 Å². The molecule has 1 aromatic heterocycles. The highest BCUT2D eigenvalue weighted by atomic mass is 32.2. The Morgan fingerprint density at radius 1 is 1.35 bits per heavy atom. The van der Waals surface area contributed by atoms with Crippen LogP contribution in [0.1, 0.15) is 37.9 Å². The van der Waals surface area contributed by atoms with Crippen LogP contribution in [0.4, 0.5) is 0 Å². The number of hydrogen-bond acceptors (Lipinski definition) is 4. The maximum Gasteiger partial charge on any atom is 0.0544 e. The van der Waals surface area contributed by atoms with Gasteiger partial charge in [-0.05, 0) is 44.3 Å². The number of aromatic nitrogens is 1. The minimum atomic E-state index is 0.637. The molecular formula is C16H29N3S. The molecule has 20 heavy (non-hydrogen) atoms. The van der Waals surface area contributed by atoms with Crippen LogP contribution in [-0.2, 0) is 13.1 Å². The van der Waals surface area contributed by atoms with Gasteiger partial charge in [0, 0.05) is 31.1 Å². The lowest BCUT2D eigenvalue weighted by Crippen LogP contribution is -2.32. The molecule has 4 heteroatoms. The summed E-state index contributed by atoms with van der Waals surface area (Å²) in [4.78, 5) is 7.00. The first-order chi connectivity index (χ1) is 9.71. The second-order valence-electron chi connectivity index (χ2n) is 5.27. The Hall–Kier alpha value is -0.580. The molecule has 1 unspecified atom stereocenters. The fourth-order valence-electron chi connectivity index (χ4n) is 2.20. The SMILES string of the molecule is CCCNCc1ccc(CN(C)C(CC)CSC)nc1. The van der Waals surface area contributed by atoms with Gasteiger partial charge in [-0.3, -0.25) is 9.88 Å². The fraction of sp³-hybridized carbons (Fsp3) is 0.688. The Labute approximate surface area is 128 Å². The molecule has 0 spiro atoms. The molecule has 0 fully saturated rings. The van der Waals surface area contributed by atoms with Crippen LogP contribution in [0.15, 0.2) is 18.3 Å². The van der Waals surface area contributed by atoms with Crippen molar-refractivity contribution in [3.05, 3.63) is 29.6 Å². The Bertz CT molecular complexity index is 353. The van der Waals surface area contributed by atoms with Crippen LogP contribution in [0.3, 0.4) is 0 Å². The van der Waals surface area contributed by atoms with Gasteiger partial charge in [0.1, 0.15) is 0 Å². The van der Waals surface area contributed by atoms with Gasteiger partial charge in [0.2, 0.25) is 0 Å². The van der Waals surface area contributed by atoms with Gasteiger partial charge in [0.25, 0.3) is 0 Å². The third kappa shape index (κ3) is 6.25. The molecule has 1 rings (SSSR count). The molecule has 1 N–H and O–H groups in total. The number of rotatable bonds is 10. The summed E-state index contributed by atoms with van der Waals surface area (Å²) in [6.07, 6.45) is 6.54. The minimum absolute atomic E-state index is 0.637. The van der Waals surface area contributed by atoms with Crippen molar-refractivity contribution in [2.45, 2.75) is 45.8 Å². The maximum atomic E-state index is 4.59. The van der Waals surface area contributed by atoms with Gasteiger partial charge in [-0.25, -0.2) is 0 Å². The number of nitrogens with zero attached hydrogens (tertiary/aromatic N) is 2. The van der Waals surface area contributed by atoms with Gasteiger partial charge in [-0.2, -0.15) is 11.8 Å². The summed E-state index contributed by atoms with van der Waals surface area (Å²) in [6.45, 7) is 7.36. The average molecular weight is 295 g/mol. The second kappa shape index (κ2) is 10.2. The van der Waals surface area contributed by atoms with Gasteiger partial charge in [0.15, 0.2) is 0 Å². The standard InChI is InChI=1S/C16H29N3S/c1-5-9-17-10-14-7-8-15(18-11-14)12-19(3)16(6-2)13-20-4/h7-8,11,16-17H,5-6,9-10,12-13H2,1-4H3. The van der Waals surface area contributed by atoms with Gasteiger partial charge >= 0.3 is 0 Å². The molecule has 0 amide bonds. The Kier molecular flexibility index (Phi) is 8.90. The molecule has 3 nitrogen and oxygen atoms in total. The van der Waals surface area contributed by atoms with Crippen molar-refractivity contribution >= 4 is 11.8 Å². The summed E-state index contributed by atoms with van der Waals surface area (Å²) in [5.74, 6) is 1.19. The van der Waals surface area contributed by atoms with Gasteiger partial charge < -0.3 is 5.32 Å². The van der Waals surface area contributed by atoms with E-state index in [1.54, 1.807) is 0 Å². The van der Waals surface area contributed by atoms with E-state index in [-0.39, 0.29) is 0 Å². The minimum Gasteiger partial charge on any atom is -0.313 e. The fourth-order valence-corrected chi connectivity index (χ4v) is 3.07. The van der Waals surface area contributed by atoms with Crippen molar-refractivity contribution in [2.75, 3.05) is 25.6 Å². The van der Waals surface area contributed by atoms with E-state index in [1.165, 1.54) is 24.2 Å². The van der Waals surface area contributed by atoms with E-state index >= 15 is 0 Å². The number of hydrogen-bond donors (Lipinski definition) is 1. The van der Waals surface area contributed by atoms with Crippen LogP contribution in [0, 0.1) is 0 Å². The largest absolute Gasteiger partial charge is 0.313 e. The number of pyridine rings is 1. The Balaban J connectivity index is 2.47. The van der Waals surface area contributed by atoms with Crippen molar-refractivity contribution < 1.29 is 0 Å². The van der Waals surface area contributed by atoms with E-state index in [9.17, 15) is 0 Å². The van der Waals surface area contributed by atoms with Crippen LogP contribution in [-0.4, -0.2) is 41.5 Å². The second-order valence-corrected chi connectivity index (χ2v) is 6.18. The Morgan fingerprint density at radius 3 is 2.70 bits per heavy atom. The summed E-state index contributed by atoms with van der Waals surface area (Å²) >= 11 is 1.92. The highest BCUT2D eigenvalue weighted by molar-refractivity contribution is 7.98. The van der Waals surface area contributed by atoms with E-state index in [4.69, 9.17) is 0 Å². The number of nitrogens with one attached hydrogen (secondary N) is 1. The molecular weight excluding hydrogens is 266 g/mol. The average Bonchev–Trinajstić information content (AvgIpc) is 2.46. The lowest BCUT2D eigenvalue weighted by Gasteiger charge is -2.26. The molecule has 0 aliphatic heterocycles. The molecule has 0 saturated carbocycles. The van der Waals surface area contributed by atoms with Crippen LogP contribution in [0.25, 0.3) is 0 Å². The smallest absolute Gasteiger partial charge is 0.0544 e. The van der Waals surface area contributed by atoms with Gasteiger partial charge in [-0.15, -0.1) is 0 Å². The normalized spacial score (nSPS) is 12.8. The summed E-state index contributed by atoms with van der Waals surface area (Å²) in [5.41, 5.74) is 2.42. The maximum absolute atomic E-state index is 4.59. The molecule has 0 aliphatic rings. The van der Waals surface area contributed by atoms with Crippen LogP contribution >= 0.6 is 11.8 Å². The van der Waals surface area contributed by atoms with Crippen molar-refractivity contribution in [3.8, 4) is 0 Å². The predicted octanol–water partition coefficient (Wildman–Crippen LogP) is 3.15. The summed E-state index contributed by atoms with van der Waals surface area (Å²) < 4.78 is 0. The molecule has 0 radical (unpaired) electrons. The van der Waals surface area contributed by atoms with Gasteiger partial charge in [-0.1, -0.05) is 19.9 Å². The summed E-state index contributed by atoms with van der Waals surface area (Å²) in [7, 11) is 2.20. The van der Waals surface area contributed by atoms with E-state index in [0.29, 0.717) is 6.04 Å². The summed E-state index contributed by atoms with van der Waals surface area (Å²) in [5, 5.41) is 3.40. The van der Waals surface area contributed by atoms with E-state index in [0.717, 1.165) is 25.3 Å². The van der Waals surface area contributed by atoms with Crippen molar-refractivity contribution in [2.24, 2.45) is 0 Å². The van der Waals surface area contributed by atoms with Crippen molar-refractivity contribution in [3.63, 3.8) is 0 Å². The zero-order valence-corrected chi connectivity index (χ0v) is 14.2. The molecule has 0 aromatic carbocycles. The topological polar surface area (TPSA) is 28.2 Å². The first-order valence-electron chi connectivity index (χ1n) is 7.54. The molecule has 1 aromatic rings. The highest BCUT2D eigenvalue weighted by Gasteiger charge is 2.12. The third-order valence-electron chi connectivity index (χ3n) is 3.51. The Morgan fingerprint density at radius 2 is 2.15 bits per heavy atom.